The van der Waals surface area contributed by atoms with Crippen molar-refractivity contribution in [2.75, 3.05) is 11.1 Å². The largest absolute Gasteiger partial charge is 0.382 e. The summed E-state index contributed by atoms with van der Waals surface area (Å²) in [5.74, 6) is 2.20. The summed E-state index contributed by atoms with van der Waals surface area (Å²) in [7, 11) is 0. The van der Waals surface area contributed by atoms with E-state index in [0.29, 0.717) is 51.9 Å². The van der Waals surface area contributed by atoms with Crippen molar-refractivity contribution < 1.29 is 13.7 Å². The molecule has 0 radical (unpaired) electrons. The predicted octanol–water partition coefficient (Wildman–Crippen LogP) is 4.92. The molecule has 3 aromatic heterocycles. The van der Waals surface area contributed by atoms with Crippen LogP contribution in [-0.2, 0) is 11.3 Å². The summed E-state index contributed by atoms with van der Waals surface area (Å²) in [6.45, 7) is 0.184. The molecule has 4 saturated carbocycles. The lowest BCUT2D eigenvalue weighted by atomic mass is 9.49. The van der Waals surface area contributed by atoms with Gasteiger partial charge in [-0.3, -0.25) is 9.48 Å². The molecule has 3 N–H and O–H groups in total. The van der Waals surface area contributed by atoms with Crippen LogP contribution >= 0.6 is 0 Å². The topological polar surface area (TPSA) is 125 Å². The molecule has 4 aliphatic rings. The van der Waals surface area contributed by atoms with Crippen LogP contribution in [0.3, 0.4) is 0 Å². The van der Waals surface area contributed by atoms with Crippen LogP contribution in [0.2, 0.25) is 0 Å². The van der Waals surface area contributed by atoms with Gasteiger partial charge in [0.05, 0.1) is 23.9 Å². The van der Waals surface area contributed by atoms with Crippen molar-refractivity contribution in [2.45, 2.75) is 45.1 Å². The molecule has 0 spiro atoms. The summed E-state index contributed by atoms with van der Waals surface area (Å²) < 4.78 is 21.0. The normalized spacial score (nSPS) is 25.6. The summed E-state index contributed by atoms with van der Waals surface area (Å²) in [5.41, 5.74) is 8.53. The fraction of sp³-hybridized carbons (Fsp3) is 0.393. The van der Waals surface area contributed by atoms with Gasteiger partial charge in [-0.05, 0) is 68.4 Å². The molecule has 10 heteroatoms. The number of rotatable bonds is 6. The third-order valence-corrected chi connectivity index (χ3v) is 8.57. The minimum atomic E-state index is -0.324. The Morgan fingerprint density at radius 1 is 1.11 bits per heavy atom. The van der Waals surface area contributed by atoms with Crippen LogP contribution in [0.5, 0.6) is 0 Å². The number of aromatic nitrogens is 5. The predicted molar refractivity (Wildman–Crippen MR) is 138 cm³/mol. The standard InChI is InChI=1S/C28H28FN7O2/c29-20-4-2-1-3-19(20)15-36-24(21-5-6-38-35-21)10-22(34-36)26-31-14-23(25(30)33-26)32-27(37)28-11-16-7-17(12-28)9-18(8-16)13-28/h1-6,10,14,16-18H,7-9,11-13,15H2,(H,32,37)(H2,30,31,33). The van der Waals surface area contributed by atoms with Crippen molar-refractivity contribution in [2.24, 2.45) is 23.2 Å². The second-order valence-corrected chi connectivity index (χ2v) is 11.2. The Morgan fingerprint density at radius 2 is 1.84 bits per heavy atom. The summed E-state index contributed by atoms with van der Waals surface area (Å²) >= 11 is 0. The fourth-order valence-corrected chi connectivity index (χ4v) is 7.24. The third kappa shape index (κ3) is 3.95. The van der Waals surface area contributed by atoms with E-state index >= 15 is 0 Å². The number of halogens is 1. The Kier molecular flexibility index (Phi) is 5.31. The van der Waals surface area contributed by atoms with Crippen molar-refractivity contribution in [3.8, 4) is 22.9 Å². The molecule has 8 rings (SSSR count). The zero-order valence-corrected chi connectivity index (χ0v) is 20.8. The fourth-order valence-electron chi connectivity index (χ4n) is 7.24. The SMILES string of the molecule is Nc1nc(-c2cc(-c3ccon3)n(Cc3ccccc3F)n2)ncc1NC(=O)C12CC3CC(CC(C3)C1)C2. The van der Waals surface area contributed by atoms with Crippen molar-refractivity contribution in [1.82, 2.24) is 24.9 Å². The zero-order chi connectivity index (χ0) is 25.9. The molecule has 38 heavy (non-hydrogen) atoms. The number of nitrogens with zero attached hydrogens (tertiary/aromatic N) is 5. The second-order valence-electron chi connectivity index (χ2n) is 11.2. The van der Waals surface area contributed by atoms with Gasteiger partial charge in [0.1, 0.15) is 29.2 Å². The highest BCUT2D eigenvalue weighted by Gasteiger charge is 2.54. The van der Waals surface area contributed by atoms with E-state index in [2.05, 4.69) is 25.5 Å². The first-order chi connectivity index (χ1) is 18.5. The monoisotopic (exact) mass is 513 g/mol. The number of anilines is 2. The molecule has 4 aromatic rings. The van der Waals surface area contributed by atoms with E-state index in [9.17, 15) is 9.18 Å². The second kappa shape index (κ2) is 8.75. The average molecular weight is 514 g/mol. The molecule has 4 aliphatic carbocycles. The number of hydrogen-bond acceptors (Lipinski definition) is 7. The first-order valence-corrected chi connectivity index (χ1v) is 13.1. The number of nitrogens with two attached hydrogens (primary N) is 1. The van der Waals surface area contributed by atoms with Crippen LogP contribution < -0.4 is 11.1 Å². The molecule has 194 valence electrons. The van der Waals surface area contributed by atoms with Crippen LogP contribution in [0.25, 0.3) is 22.9 Å². The number of amides is 1. The first-order valence-electron chi connectivity index (χ1n) is 13.1. The maximum Gasteiger partial charge on any atom is 0.230 e. The highest BCUT2D eigenvalue weighted by atomic mass is 19.1. The Hall–Kier alpha value is -4.08. The minimum absolute atomic E-state index is 0.0436. The van der Waals surface area contributed by atoms with E-state index in [1.54, 1.807) is 41.2 Å². The lowest BCUT2D eigenvalue weighted by Gasteiger charge is -2.55. The number of carbonyl (C=O) groups excluding carboxylic acids is 1. The van der Waals surface area contributed by atoms with E-state index in [-0.39, 0.29) is 29.5 Å². The quantitative estimate of drug-likeness (QED) is 0.375. The molecule has 0 atom stereocenters. The van der Waals surface area contributed by atoms with Crippen molar-refractivity contribution >= 4 is 17.4 Å². The van der Waals surface area contributed by atoms with Crippen molar-refractivity contribution in [1.29, 1.82) is 0 Å². The molecule has 3 heterocycles. The van der Waals surface area contributed by atoms with Crippen LogP contribution in [-0.4, -0.2) is 30.8 Å². The summed E-state index contributed by atoms with van der Waals surface area (Å²) in [4.78, 5) is 22.4. The van der Waals surface area contributed by atoms with Gasteiger partial charge in [0, 0.05) is 11.6 Å². The molecule has 0 saturated heterocycles. The summed E-state index contributed by atoms with van der Waals surface area (Å²) in [6.07, 6.45) is 9.72. The third-order valence-electron chi connectivity index (χ3n) is 8.57. The van der Waals surface area contributed by atoms with Crippen LogP contribution in [0.4, 0.5) is 15.9 Å². The van der Waals surface area contributed by atoms with Crippen LogP contribution in [0.15, 0.2) is 53.4 Å². The number of carbonyl (C=O) groups is 1. The number of benzene rings is 1. The lowest BCUT2D eigenvalue weighted by Crippen LogP contribution is -2.51. The maximum atomic E-state index is 14.4. The van der Waals surface area contributed by atoms with E-state index in [1.165, 1.54) is 31.6 Å². The van der Waals surface area contributed by atoms with Crippen molar-refractivity contribution in [3.05, 3.63) is 60.2 Å². The van der Waals surface area contributed by atoms with Gasteiger partial charge in [0.15, 0.2) is 11.6 Å². The van der Waals surface area contributed by atoms with Gasteiger partial charge in [-0.2, -0.15) is 5.10 Å². The molecule has 9 nitrogen and oxygen atoms in total. The van der Waals surface area contributed by atoms with Gasteiger partial charge in [-0.15, -0.1) is 0 Å². The number of nitrogen functional groups attached to an aromatic ring is 1. The summed E-state index contributed by atoms with van der Waals surface area (Å²) in [5, 5.41) is 11.7. The van der Waals surface area contributed by atoms with E-state index < -0.39 is 0 Å². The molecule has 0 unspecified atom stereocenters. The first kappa shape index (κ1) is 23.1. The van der Waals surface area contributed by atoms with Gasteiger partial charge in [-0.25, -0.2) is 14.4 Å². The van der Waals surface area contributed by atoms with Gasteiger partial charge < -0.3 is 15.6 Å². The van der Waals surface area contributed by atoms with Crippen LogP contribution in [0, 0.1) is 29.0 Å². The Labute approximate surface area is 218 Å². The Bertz CT molecular complexity index is 1480. The zero-order valence-electron chi connectivity index (χ0n) is 20.8. The van der Waals surface area contributed by atoms with Crippen LogP contribution in [0.1, 0.15) is 44.1 Å². The Morgan fingerprint density at radius 3 is 2.50 bits per heavy atom. The molecular formula is C28H28FN7O2. The van der Waals surface area contributed by atoms with Gasteiger partial charge in [0.25, 0.3) is 0 Å². The molecule has 4 bridgehead atoms. The molecule has 4 fully saturated rings. The van der Waals surface area contributed by atoms with Gasteiger partial charge >= 0.3 is 0 Å². The van der Waals surface area contributed by atoms with Gasteiger partial charge in [-0.1, -0.05) is 23.4 Å². The lowest BCUT2D eigenvalue weighted by molar-refractivity contribution is -0.140. The highest BCUT2D eigenvalue weighted by Crippen LogP contribution is 2.60. The smallest absolute Gasteiger partial charge is 0.230 e. The molecule has 1 aromatic carbocycles. The minimum Gasteiger partial charge on any atom is -0.382 e. The number of hydrogen-bond donors (Lipinski definition) is 2. The van der Waals surface area contributed by atoms with E-state index in [1.807, 2.05) is 0 Å². The molecule has 0 aliphatic heterocycles. The Balaban J connectivity index is 1.16. The average Bonchev–Trinajstić information content (AvgIpc) is 3.56. The van der Waals surface area contributed by atoms with E-state index in [4.69, 9.17) is 10.3 Å². The highest BCUT2D eigenvalue weighted by molar-refractivity contribution is 5.97. The number of nitrogens with one attached hydrogen (secondary N) is 1. The maximum absolute atomic E-state index is 14.4. The van der Waals surface area contributed by atoms with Crippen molar-refractivity contribution in [3.63, 3.8) is 0 Å². The molecule has 1 amide bonds. The van der Waals surface area contributed by atoms with E-state index in [0.717, 1.165) is 19.3 Å². The van der Waals surface area contributed by atoms with Gasteiger partial charge in [0.2, 0.25) is 5.91 Å². The summed E-state index contributed by atoms with van der Waals surface area (Å²) in [6, 6.07) is 10.0. The molecular weight excluding hydrogens is 485 g/mol.